The molecular formula is C9H10N4O2. The fraction of sp³-hybridized carbons (Fsp3) is 0.222. The molecule has 0 aromatic carbocycles. The lowest BCUT2D eigenvalue weighted by molar-refractivity contribution is 0.0697. The van der Waals surface area contributed by atoms with E-state index in [1.807, 2.05) is 12.3 Å². The van der Waals surface area contributed by atoms with Crippen LogP contribution < -0.4 is 0 Å². The van der Waals surface area contributed by atoms with Crippen LogP contribution in [0.2, 0.25) is 0 Å². The first-order valence-electron chi connectivity index (χ1n) is 4.49. The predicted molar refractivity (Wildman–Crippen MR) is 51.4 cm³/mol. The summed E-state index contributed by atoms with van der Waals surface area (Å²) in [6, 6.07) is 1.84. The highest BCUT2D eigenvalue weighted by Gasteiger charge is 2.05. The molecule has 15 heavy (non-hydrogen) atoms. The van der Waals surface area contributed by atoms with Crippen molar-refractivity contribution < 1.29 is 9.90 Å². The van der Waals surface area contributed by atoms with Gasteiger partial charge in [-0.25, -0.2) is 4.79 Å². The second kappa shape index (κ2) is 3.95. The Labute approximate surface area is 85.8 Å². The molecule has 0 unspecified atom stereocenters. The van der Waals surface area contributed by atoms with Crippen molar-refractivity contribution in [2.45, 2.75) is 13.1 Å². The maximum absolute atomic E-state index is 10.6. The summed E-state index contributed by atoms with van der Waals surface area (Å²) in [6.07, 6.45) is 6.39. The summed E-state index contributed by atoms with van der Waals surface area (Å²) in [7, 11) is 0. The monoisotopic (exact) mass is 206 g/mol. The second-order valence-electron chi connectivity index (χ2n) is 3.07. The standard InChI is InChI=1S/C9H10N4O2/c14-9(15)8-6-11-13(7-8)5-4-12-3-1-2-10-12/h1-3,6-7H,4-5H2,(H,14,15). The number of carboxylic acid groups (broad SMARTS) is 1. The van der Waals surface area contributed by atoms with E-state index in [1.165, 1.54) is 12.4 Å². The molecule has 2 rings (SSSR count). The first kappa shape index (κ1) is 9.45. The van der Waals surface area contributed by atoms with Crippen molar-refractivity contribution >= 4 is 5.97 Å². The van der Waals surface area contributed by atoms with E-state index in [4.69, 9.17) is 5.11 Å². The Kier molecular flexibility index (Phi) is 2.49. The third kappa shape index (κ3) is 2.22. The van der Waals surface area contributed by atoms with Gasteiger partial charge in [0.25, 0.3) is 0 Å². The van der Waals surface area contributed by atoms with Crippen molar-refractivity contribution in [1.29, 1.82) is 0 Å². The van der Waals surface area contributed by atoms with E-state index in [0.717, 1.165) is 0 Å². The molecule has 0 atom stereocenters. The summed E-state index contributed by atoms with van der Waals surface area (Å²) < 4.78 is 3.35. The summed E-state index contributed by atoms with van der Waals surface area (Å²) in [5, 5.41) is 16.6. The highest BCUT2D eigenvalue weighted by molar-refractivity contribution is 5.86. The molecule has 6 nitrogen and oxygen atoms in total. The Morgan fingerprint density at radius 1 is 1.33 bits per heavy atom. The molecule has 0 saturated carbocycles. The van der Waals surface area contributed by atoms with Gasteiger partial charge in [0, 0.05) is 18.6 Å². The third-order valence-corrected chi connectivity index (χ3v) is 2.00. The lowest BCUT2D eigenvalue weighted by Gasteiger charge is -2.00. The summed E-state index contributed by atoms with van der Waals surface area (Å²) in [5.41, 5.74) is 0.204. The van der Waals surface area contributed by atoms with Crippen molar-refractivity contribution in [3.8, 4) is 0 Å². The van der Waals surface area contributed by atoms with Gasteiger partial charge in [-0.3, -0.25) is 9.36 Å². The Bertz CT molecular complexity index is 446. The van der Waals surface area contributed by atoms with Gasteiger partial charge in [0.2, 0.25) is 0 Å². The fourth-order valence-electron chi connectivity index (χ4n) is 1.23. The van der Waals surface area contributed by atoms with Crippen molar-refractivity contribution in [3.63, 3.8) is 0 Å². The zero-order chi connectivity index (χ0) is 10.7. The van der Waals surface area contributed by atoms with Crippen molar-refractivity contribution in [1.82, 2.24) is 19.6 Å². The first-order valence-corrected chi connectivity index (χ1v) is 4.49. The molecule has 2 aromatic heterocycles. The minimum absolute atomic E-state index is 0.204. The maximum Gasteiger partial charge on any atom is 0.338 e. The minimum Gasteiger partial charge on any atom is -0.478 e. The predicted octanol–water partition coefficient (Wildman–Crippen LogP) is 0.478. The van der Waals surface area contributed by atoms with Crippen molar-refractivity contribution in [2.24, 2.45) is 0 Å². The number of carboxylic acids is 1. The Morgan fingerprint density at radius 3 is 2.73 bits per heavy atom. The van der Waals surface area contributed by atoms with Crippen LogP contribution in [0.4, 0.5) is 0 Å². The Hall–Kier alpha value is -2.11. The number of aromatic nitrogens is 4. The molecule has 78 valence electrons. The lowest BCUT2D eigenvalue weighted by atomic mass is 10.4. The average Bonchev–Trinajstić information content (AvgIpc) is 2.86. The largest absolute Gasteiger partial charge is 0.478 e. The molecule has 0 aliphatic rings. The molecule has 0 amide bonds. The number of hydrogen-bond donors (Lipinski definition) is 1. The molecule has 0 fully saturated rings. The highest BCUT2D eigenvalue weighted by Crippen LogP contribution is 1.97. The zero-order valence-electron chi connectivity index (χ0n) is 7.95. The zero-order valence-corrected chi connectivity index (χ0v) is 7.95. The van der Waals surface area contributed by atoms with Crippen LogP contribution in [0.25, 0.3) is 0 Å². The van der Waals surface area contributed by atoms with Crippen LogP contribution in [0.5, 0.6) is 0 Å². The molecule has 0 saturated heterocycles. The van der Waals surface area contributed by atoms with Gasteiger partial charge in [0.15, 0.2) is 0 Å². The van der Waals surface area contributed by atoms with Crippen LogP contribution in [0.1, 0.15) is 10.4 Å². The van der Waals surface area contributed by atoms with E-state index >= 15 is 0 Å². The molecule has 0 aliphatic heterocycles. The van der Waals surface area contributed by atoms with Crippen LogP contribution in [0.3, 0.4) is 0 Å². The van der Waals surface area contributed by atoms with E-state index in [1.54, 1.807) is 15.6 Å². The van der Waals surface area contributed by atoms with Crippen LogP contribution in [0, 0.1) is 0 Å². The molecule has 2 aromatic rings. The highest BCUT2D eigenvalue weighted by atomic mass is 16.4. The van der Waals surface area contributed by atoms with Gasteiger partial charge in [-0.05, 0) is 6.07 Å². The van der Waals surface area contributed by atoms with E-state index in [-0.39, 0.29) is 5.56 Å². The molecule has 6 heteroatoms. The number of carbonyl (C=O) groups is 1. The average molecular weight is 206 g/mol. The Morgan fingerprint density at radius 2 is 2.13 bits per heavy atom. The third-order valence-electron chi connectivity index (χ3n) is 2.00. The lowest BCUT2D eigenvalue weighted by Crippen LogP contribution is -2.08. The molecule has 0 aliphatic carbocycles. The molecule has 2 heterocycles. The minimum atomic E-state index is -0.958. The number of nitrogens with zero attached hydrogens (tertiary/aromatic N) is 4. The summed E-state index contributed by atoms with van der Waals surface area (Å²) in [5.74, 6) is -0.958. The van der Waals surface area contributed by atoms with Gasteiger partial charge in [0.05, 0.1) is 24.8 Å². The maximum atomic E-state index is 10.6. The fourth-order valence-corrected chi connectivity index (χ4v) is 1.23. The van der Waals surface area contributed by atoms with Crippen LogP contribution in [-0.4, -0.2) is 30.6 Å². The van der Waals surface area contributed by atoms with E-state index in [2.05, 4.69) is 10.2 Å². The van der Waals surface area contributed by atoms with Gasteiger partial charge in [0.1, 0.15) is 0 Å². The second-order valence-corrected chi connectivity index (χ2v) is 3.07. The number of rotatable bonds is 4. The number of hydrogen-bond acceptors (Lipinski definition) is 3. The molecule has 0 bridgehead atoms. The van der Waals surface area contributed by atoms with Crippen LogP contribution in [-0.2, 0) is 13.1 Å². The van der Waals surface area contributed by atoms with Gasteiger partial charge < -0.3 is 5.11 Å². The number of aromatic carboxylic acids is 1. The quantitative estimate of drug-likeness (QED) is 0.789. The Balaban J connectivity index is 1.96. The first-order chi connectivity index (χ1) is 7.25. The molecular weight excluding hydrogens is 196 g/mol. The van der Waals surface area contributed by atoms with Crippen LogP contribution >= 0.6 is 0 Å². The molecule has 1 N–H and O–H groups in total. The topological polar surface area (TPSA) is 72.9 Å². The van der Waals surface area contributed by atoms with Crippen molar-refractivity contribution in [3.05, 3.63) is 36.4 Å². The SMILES string of the molecule is O=C(O)c1cnn(CCn2cccn2)c1. The molecule has 0 radical (unpaired) electrons. The van der Waals surface area contributed by atoms with E-state index in [0.29, 0.717) is 13.1 Å². The van der Waals surface area contributed by atoms with Crippen LogP contribution in [0.15, 0.2) is 30.9 Å². The smallest absolute Gasteiger partial charge is 0.338 e. The normalized spacial score (nSPS) is 10.4. The van der Waals surface area contributed by atoms with Gasteiger partial charge in [-0.15, -0.1) is 0 Å². The summed E-state index contributed by atoms with van der Waals surface area (Å²) >= 11 is 0. The molecule has 0 spiro atoms. The number of aryl methyl sites for hydroxylation is 2. The van der Waals surface area contributed by atoms with Crippen molar-refractivity contribution in [2.75, 3.05) is 0 Å². The summed E-state index contributed by atoms with van der Waals surface area (Å²) in [4.78, 5) is 10.6. The van der Waals surface area contributed by atoms with E-state index < -0.39 is 5.97 Å². The van der Waals surface area contributed by atoms with E-state index in [9.17, 15) is 4.79 Å². The van der Waals surface area contributed by atoms with Gasteiger partial charge in [-0.2, -0.15) is 10.2 Å². The van der Waals surface area contributed by atoms with Gasteiger partial charge >= 0.3 is 5.97 Å². The summed E-state index contributed by atoms with van der Waals surface area (Å²) in [6.45, 7) is 1.28. The van der Waals surface area contributed by atoms with Gasteiger partial charge in [-0.1, -0.05) is 0 Å².